The number of benzene rings is 2. The summed E-state index contributed by atoms with van der Waals surface area (Å²) in [4.78, 5) is 31.2. The van der Waals surface area contributed by atoms with Gasteiger partial charge in [-0.2, -0.15) is 0 Å². The van der Waals surface area contributed by atoms with Gasteiger partial charge in [0.1, 0.15) is 11.5 Å². The lowest BCUT2D eigenvalue weighted by Crippen LogP contribution is -2.36. The molecule has 6 nitrogen and oxygen atoms in total. The van der Waals surface area contributed by atoms with Crippen molar-refractivity contribution in [3.63, 3.8) is 0 Å². The van der Waals surface area contributed by atoms with Gasteiger partial charge in [-0.3, -0.25) is 9.69 Å². The Bertz CT molecular complexity index is 1050. The summed E-state index contributed by atoms with van der Waals surface area (Å²) >= 11 is 1.20. The van der Waals surface area contributed by atoms with Gasteiger partial charge in [0.2, 0.25) is 0 Å². The van der Waals surface area contributed by atoms with Gasteiger partial charge < -0.3 is 9.47 Å². The number of aliphatic imine (C=N–C) groups is 1. The first kappa shape index (κ1) is 21.3. The van der Waals surface area contributed by atoms with Gasteiger partial charge in [0.15, 0.2) is 5.17 Å². The summed E-state index contributed by atoms with van der Waals surface area (Å²) in [5.74, 6) is -1.07. The van der Waals surface area contributed by atoms with E-state index in [1.54, 1.807) is 53.4 Å². The number of methoxy groups -OCH3 is 1. The summed E-state index contributed by atoms with van der Waals surface area (Å²) in [7, 11) is 1.32. The van der Waals surface area contributed by atoms with Crippen LogP contribution in [0.4, 0.5) is 10.1 Å². The molecule has 0 aliphatic carbocycles. The topological polar surface area (TPSA) is 68.2 Å². The van der Waals surface area contributed by atoms with E-state index in [9.17, 15) is 14.0 Å². The highest BCUT2D eigenvalue weighted by molar-refractivity contribution is 8.18. The van der Waals surface area contributed by atoms with Crippen LogP contribution in [0, 0.1) is 5.82 Å². The first-order valence-corrected chi connectivity index (χ1v) is 10.7. The van der Waals surface area contributed by atoms with Crippen LogP contribution < -0.4 is 0 Å². The highest BCUT2D eigenvalue weighted by Crippen LogP contribution is 2.35. The standard InChI is InChI=1S/C23H21FN2O4S/c1-29-22(28)16-10-8-15(9-11-16)13-20-21(27)26(14-17-5-4-12-30-17)23(31-20)25-19-7-3-2-6-18(19)24/h2-3,6-11,13,17H,4-5,12,14H2,1H3/b20-13-,25-23?/t17-/m0/s1. The normalized spacial score (nSPS) is 21.3. The number of carbonyl (C=O) groups is 2. The number of amidine groups is 1. The molecule has 2 fully saturated rings. The van der Waals surface area contributed by atoms with E-state index in [2.05, 4.69) is 4.99 Å². The van der Waals surface area contributed by atoms with Crippen LogP contribution in [0.25, 0.3) is 6.08 Å². The Morgan fingerprint density at radius 1 is 1.29 bits per heavy atom. The first-order chi connectivity index (χ1) is 15.0. The maximum absolute atomic E-state index is 14.2. The molecular formula is C23H21FN2O4S. The molecule has 2 heterocycles. The predicted octanol–water partition coefficient (Wildman–Crippen LogP) is 4.40. The molecule has 0 aromatic heterocycles. The molecule has 160 valence electrons. The van der Waals surface area contributed by atoms with Gasteiger partial charge in [-0.1, -0.05) is 24.3 Å². The van der Waals surface area contributed by atoms with Crippen LogP contribution in [0.1, 0.15) is 28.8 Å². The first-order valence-electron chi connectivity index (χ1n) is 9.90. The quantitative estimate of drug-likeness (QED) is 0.509. The number of rotatable bonds is 5. The zero-order valence-electron chi connectivity index (χ0n) is 16.9. The van der Waals surface area contributed by atoms with E-state index in [0.717, 1.165) is 18.4 Å². The molecule has 31 heavy (non-hydrogen) atoms. The molecule has 2 aliphatic heterocycles. The third-order valence-electron chi connectivity index (χ3n) is 5.00. The van der Waals surface area contributed by atoms with Crippen molar-refractivity contribution in [2.75, 3.05) is 20.3 Å². The number of esters is 1. The van der Waals surface area contributed by atoms with E-state index < -0.39 is 11.8 Å². The van der Waals surface area contributed by atoms with E-state index in [1.807, 2.05) is 0 Å². The molecule has 0 spiro atoms. The van der Waals surface area contributed by atoms with Gasteiger partial charge in [-0.05, 0) is 60.5 Å². The molecule has 1 amide bonds. The number of para-hydroxylation sites is 1. The Hall–Kier alpha value is -2.97. The molecule has 0 radical (unpaired) electrons. The van der Waals surface area contributed by atoms with Crippen LogP contribution in [0.5, 0.6) is 0 Å². The molecule has 4 rings (SSSR count). The zero-order valence-corrected chi connectivity index (χ0v) is 17.7. The lowest BCUT2D eigenvalue weighted by atomic mass is 10.1. The van der Waals surface area contributed by atoms with Gasteiger partial charge in [-0.25, -0.2) is 14.2 Å². The summed E-state index contributed by atoms with van der Waals surface area (Å²) in [5.41, 5.74) is 1.36. The molecule has 1 atom stereocenters. The smallest absolute Gasteiger partial charge is 0.337 e. The van der Waals surface area contributed by atoms with Crippen molar-refractivity contribution in [1.29, 1.82) is 0 Å². The average Bonchev–Trinajstić information content (AvgIpc) is 3.40. The van der Waals surface area contributed by atoms with Crippen LogP contribution in [-0.2, 0) is 14.3 Å². The number of halogens is 1. The van der Waals surface area contributed by atoms with E-state index in [0.29, 0.717) is 28.8 Å². The number of nitrogens with zero attached hydrogens (tertiary/aromatic N) is 2. The summed E-state index contributed by atoms with van der Waals surface area (Å²) < 4.78 is 24.5. The fourth-order valence-electron chi connectivity index (χ4n) is 3.37. The minimum Gasteiger partial charge on any atom is -0.465 e. The molecule has 2 aromatic rings. The van der Waals surface area contributed by atoms with Gasteiger partial charge in [-0.15, -0.1) is 0 Å². The van der Waals surface area contributed by atoms with Crippen molar-refractivity contribution < 1.29 is 23.5 Å². The van der Waals surface area contributed by atoms with Crippen molar-refractivity contribution in [1.82, 2.24) is 4.90 Å². The van der Waals surface area contributed by atoms with Crippen molar-refractivity contribution in [2.45, 2.75) is 18.9 Å². The summed E-state index contributed by atoms with van der Waals surface area (Å²) in [6, 6.07) is 13.0. The molecule has 8 heteroatoms. The van der Waals surface area contributed by atoms with Crippen molar-refractivity contribution in [3.8, 4) is 0 Å². The van der Waals surface area contributed by atoms with Crippen molar-refractivity contribution in [2.24, 2.45) is 4.99 Å². The van der Waals surface area contributed by atoms with Crippen LogP contribution in [-0.4, -0.2) is 48.3 Å². The van der Waals surface area contributed by atoms with E-state index in [-0.39, 0.29) is 17.7 Å². The highest BCUT2D eigenvalue weighted by atomic mass is 32.2. The maximum atomic E-state index is 14.2. The molecule has 0 saturated carbocycles. The van der Waals surface area contributed by atoms with Crippen LogP contribution in [0.2, 0.25) is 0 Å². The number of ether oxygens (including phenoxy) is 2. The largest absolute Gasteiger partial charge is 0.465 e. The van der Waals surface area contributed by atoms with Crippen molar-refractivity contribution >= 4 is 40.6 Å². The summed E-state index contributed by atoms with van der Waals surface area (Å²) in [6.45, 7) is 1.05. The number of hydrogen-bond acceptors (Lipinski definition) is 6. The second-order valence-electron chi connectivity index (χ2n) is 7.12. The summed E-state index contributed by atoms with van der Waals surface area (Å²) in [5, 5.41) is 0.419. The monoisotopic (exact) mass is 440 g/mol. The second kappa shape index (κ2) is 9.45. The highest BCUT2D eigenvalue weighted by Gasteiger charge is 2.36. The SMILES string of the molecule is COC(=O)c1ccc(/C=C2\SC(=Nc3ccccc3F)N(C[C@@H]3CCCO3)C2=O)cc1. The fraction of sp³-hybridized carbons (Fsp3) is 0.261. The molecular weight excluding hydrogens is 419 g/mol. The fourth-order valence-corrected chi connectivity index (χ4v) is 4.38. The number of hydrogen-bond donors (Lipinski definition) is 0. The van der Waals surface area contributed by atoms with Crippen molar-refractivity contribution in [3.05, 3.63) is 70.4 Å². The molecule has 0 unspecified atom stereocenters. The van der Waals surface area contributed by atoms with Gasteiger partial charge in [0.05, 0.1) is 30.2 Å². The second-order valence-corrected chi connectivity index (χ2v) is 8.13. The lowest BCUT2D eigenvalue weighted by Gasteiger charge is -2.19. The Morgan fingerprint density at radius 2 is 2.06 bits per heavy atom. The minimum absolute atomic E-state index is 0.0611. The van der Waals surface area contributed by atoms with E-state index >= 15 is 0 Å². The lowest BCUT2D eigenvalue weighted by molar-refractivity contribution is -0.123. The van der Waals surface area contributed by atoms with Crippen LogP contribution in [0.15, 0.2) is 58.4 Å². The Balaban J connectivity index is 1.63. The van der Waals surface area contributed by atoms with Gasteiger partial charge in [0.25, 0.3) is 5.91 Å². The molecule has 0 bridgehead atoms. The summed E-state index contributed by atoms with van der Waals surface area (Å²) in [6.07, 6.45) is 3.50. The Morgan fingerprint density at radius 3 is 2.74 bits per heavy atom. The minimum atomic E-state index is -0.448. The van der Waals surface area contributed by atoms with E-state index in [1.165, 1.54) is 24.9 Å². The number of carbonyl (C=O) groups excluding carboxylic acids is 2. The van der Waals surface area contributed by atoms with Gasteiger partial charge >= 0.3 is 5.97 Å². The van der Waals surface area contributed by atoms with Crippen LogP contribution in [0.3, 0.4) is 0 Å². The van der Waals surface area contributed by atoms with Gasteiger partial charge in [0, 0.05) is 6.61 Å². The number of amides is 1. The molecule has 2 aromatic carbocycles. The molecule has 2 aliphatic rings. The maximum Gasteiger partial charge on any atom is 0.337 e. The average molecular weight is 440 g/mol. The Labute approximate surface area is 183 Å². The van der Waals surface area contributed by atoms with E-state index in [4.69, 9.17) is 9.47 Å². The number of thioether (sulfide) groups is 1. The zero-order chi connectivity index (χ0) is 21.8. The molecule has 0 N–H and O–H groups in total. The predicted molar refractivity (Wildman–Crippen MR) is 118 cm³/mol. The third kappa shape index (κ3) is 4.86. The Kier molecular flexibility index (Phi) is 6.48. The van der Waals surface area contributed by atoms with Crippen LogP contribution >= 0.6 is 11.8 Å². The third-order valence-corrected chi connectivity index (χ3v) is 6.00. The molecule has 2 saturated heterocycles.